The molecule has 1 amide bonds. The highest BCUT2D eigenvalue weighted by Gasteiger charge is 2.21. The van der Waals surface area contributed by atoms with Crippen LogP contribution < -0.4 is 5.32 Å². The summed E-state index contributed by atoms with van der Waals surface area (Å²) in [5.74, 6) is 0.178. The normalized spacial score (nSPS) is 16.9. The Kier molecular flexibility index (Phi) is 6.03. The molecule has 0 saturated carbocycles. The van der Waals surface area contributed by atoms with Crippen molar-refractivity contribution >= 4 is 17.5 Å². The Morgan fingerprint density at radius 3 is 2.62 bits per heavy atom. The zero-order chi connectivity index (χ0) is 15.2. The van der Waals surface area contributed by atoms with Gasteiger partial charge in [-0.15, -0.1) is 0 Å². The summed E-state index contributed by atoms with van der Waals surface area (Å²) in [6.07, 6.45) is 2.15. The van der Waals surface area contributed by atoms with Crippen LogP contribution in [-0.4, -0.2) is 55.5 Å². The van der Waals surface area contributed by atoms with Gasteiger partial charge in [-0.1, -0.05) is 29.8 Å². The smallest absolute Gasteiger partial charge is 0.236 e. The summed E-state index contributed by atoms with van der Waals surface area (Å²) in [5, 5.41) is 4.39. The van der Waals surface area contributed by atoms with Crippen LogP contribution in [0.5, 0.6) is 0 Å². The molecular weight excluding hydrogens is 286 g/mol. The number of amides is 1. The van der Waals surface area contributed by atoms with E-state index in [0.29, 0.717) is 12.6 Å². The molecule has 0 unspecified atom stereocenters. The number of halogens is 1. The third kappa shape index (κ3) is 4.99. The number of hydrogen-bond acceptors (Lipinski definition) is 3. The maximum Gasteiger partial charge on any atom is 0.236 e. The standard InChI is InChI=1S/C16H24ClN3O/c1-19(2)16(21)12-20-9-7-14(8-10-20)18-11-13-5-3-4-6-15(13)17/h3-6,14,18H,7-12H2,1-2H3. The van der Waals surface area contributed by atoms with E-state index in [4.69, 9.17) is 11.6 Å². The molecule has 5 heteroatoms. The van der Waals surface area contributed by atoms with Gasteiger partial charge in [0.05, 0.1) is 6.54 Å². The molecule has 1 saturated heterocycles. The largest absolute Gasteiger partial charge is 0.348 e. The van der Waals surface area contributed by atoms with Crippen molar-refractivity contribution < 1.29 is 4.79 Å². The molecule has 1 aliphatic rings. The third-order valence-electron chi connectivity index (χ3n) is 3.98. The fourth-order valence-corrected chi connectivity index (χ4v) is 2.73. The first-order valence-corrected chi connectivity index (χ1v) is 7.83. The highest BCUT2D eigenvalue weighted by molar-refractivity contribution is 6.31. The average molecular weight is 310 g/mol. The van der Waals surface area contributed by atoms with E-state index in [1.54, 1.807) is 19.0 Å². The molecule has 0 aliphatic carbocycles. The topological polar surface area (TPSA) is 35.6 Å². The molecule has 4 nitrogen and oxygen atoms in total. The van der Waals surface area contributed by atoms with Crippen LogP contribution in [0, 0.1) is 0 Å². The summed E-state index contributed by atoms with van der Waals surface area (Å²) in [4.78, 5) is 15.6. The fraction of sp³-hybridized carbons (Fsp3) is 0.562. The SMILES string of the molecule is CN(C)C(=O)CN1CCC(NCc2ccccc2Cl)CC1. The average Bonchev–Trinajstić information content (AvgIpc) is 2.48. The molecule has 0 atom stereocenters. The molecule has 0 aromatic heterocycles. The second kappa shape index (κ2) is 7.78. The molecule has 0 bridgehead atoms. The minimum atomic E-state index is 0.178. The van der Waals surface area contributed by atoms with Gasteiger partial charge in [0.25, 0.3) is 0 Å². The van der Waals surface area contributed by atoms with Crippen LogP contribution in [0.25, 0.3) is 0 Å². The number of likely N-dealkylation sites (N-methyl/N-ethyl adjacent to an activating group) is 1. The number of nitrogens with zero attached hydrogens (tertiary/aromatic N) is 2. The van der Waals surface area contributed by atoms with Gasteiger partial charge in [0, 0.05) is 44.8 Å². The van der Waals surface area contributed by atoms with E-state index in [2.05, 4.69) is 16.3 Å². The second-order valence-electron chi connectivity index (χ2n) is 5.81. The predicted octanol–water partition coefficient (Wildman–Crippen LogP) is 1.98. The van der Waals surface area contributed by atoms with Crippen molar-refractivity contribution in [1.29, 1.82) is 0 Å². The van der Waals surface area contributed by atoms with Crippen molar-refractivity contribution in [2.45, 2.75) is 25.4 Å². The monoisotopic (exact) mass is 309 g/mol. The molecule has 0 spiro atoms. The van der Waals surface area contributed by atoms with E-state index in [9.17, 15) is 4.79 Å². The molecular formula is C16H24ClN3O. The van der Waals surface area contributed by atoms with E-state index in [0.717, 1.165) is 43.1 Å². The highest BCUT2D eigenvalue weighted by atomic mass is 35.5. The Morgan fingerprint density at radius 1 is 1.33 bits per heavy atom. The number of carbonyl (C=O) groups excluding carboxylic acids is 1. The summed E-state index contributed by atoms with van der Waals surface area (Å²) in [6.45, 7) is 3.28. The summed E-state index contributed by atoms with van der Waals surface area (Å²) < 4.78 is 0. The molecule has 1 aromatic rings. The van der Waals surface area contributed by atoms with E-state index in [1.807, 2.05) is 18.2 Å². The first-order valence-electron chi connectivity index (χ1n) is 7.45. The van der Waals surface area contributed by atoms with Crippen LogP contribution in [0.3, 0.4) is 0 Å². The van der Waals surface area contributed by atoms with Crippen molar-refractivity contribution in [3.05, 3.63) is 34.9 Å². The van der Waals surface area contributed by atoms with Crippen LogP contribution in [0.2, 0.25) is 5.02 Å². The molecule has 21 heavy (non-hydrogen) atoms. The van der Waals surface area contributed by atoms with Crippen LogP contribution in [0.1, 0.15) is 18.4 Å². The van der Waals surface area contributed by atoms with Gasteiger partial charge in [0.2, 0.25) is 5.91 Å². The lowest BCUT2D eigenvalue weighted by Crippen LogP contribution is -2.45. The lowest BCUT2D eigenvalue weighted by molar-refractivity contribution is -0.130. The van der Waals surface area contributed by atoms with Gasteiger partial charge in [0.15, 0.2) is 0 Å². The van der Waals surface area contributed by atoms with Gasteiger partial charge in [-0.05, 0) is 24.5 Å². The molecule has 1 aromatic carbocycles. The van der Waals surface area contributed by atoms with E-state index >= 15 is 0 Å². The molecule has 1 N–H and O–H groups in total. The minimum Gasteiger partial charge on any atom is -0.348 e. The minimum absolute atomic E-state index is 0.178. The Bertz CT molecular complexity index is 470. The number of benzene rings is 1. The lowest BCUT2D eigenvalue weighted by atomic mass is 10.0. The van der Waals surface area contributed by atoms with E-state index < -0.39 is 0 Å². The zero-order valence-corrected chi connectivity index (χ0v) is 13.6. The van der Waals surface area contributed by atoms with Gasteiger partial charge in [0.1, 0.15) is 0 Å². The molecule has 2 rings (SSSR count). The molecule has 1 heterocycles. The Hall–Kier alpha value is -1.10. The number of hydrogen-bond donors (Lipinski definition) is 1. The van der Waals surface area contributed by atoms with Crippen molar-refractivity contribution in [3.63, 3.8) is 0 Å². The quantitative estimate of drug-likeness (QED) is 0.903. The first-order chi connectivity index (χ1) is 10.1. The summed E-state index contributed by atoms with van der Waals surface area (Å²) >= 11 is 6.16. The van der Waals surface area contributed by atoms with Gasteiger partial charge >= 0.3 is 0 Å². The highest BCUT2D eigenvalue weighted by Crippen LogP contribution is 2.16. The van der Waals surface area contributed by atoms with Crippen molar-refractivity contribution in [2.24, 2.45) is 0 Å². The Labute approximate surface area is 132 Å². The van der Waals surface area contributed by atoms with Gasteiger partial charge in [-0.3, -0.25) is 9.69 Å². The number of nitrogens with one attached hydrogen (secondary N) is 1. The molecule has 1 aliphatic heterocycles. The molecule has 0 radical (unpaired) electrons. The number of carbonyl (C=O) groups is 1. The van der Waals surface area contributed by atoms with Crippen LogP contribution in [0.4, 0.5) is 0 Å². The van der Waals surface area contributed by atoms with Crippen molar-refractivity contribution in [1.82, 2.24) is 15.1 Å². The predicted molar refractivity (Wildman–Crippen MR) is 86.4 cm³/mol. The zero-order valence-electron chi connectivity index (χ0n) is 12.8. The summed E-state index contributed by atoms with van der Waals surface area (Å²) in [6, 6.07) is 8.45. The van der Waals surface area contributed by atoms with E-state index in [-0.39, 0.29) is 5.91 Å². The number of piperidine rings is 1. The van der Waals surface area contributed by atoms with Gasteiger partial charge in [-0.25, -0.2) is 0 Å². The summed E-state index contributed by atoms with van der Waals surface area (Å²) in [7, 11) is 3.61. The van der Waals surface area contributed by atoms with Crippen LogP contribution >= 0.6 is 11.6 Å². The van der Waals surface area contributed by atoms with Crippen LogP contribution in [0.15, 0.2) is 24.3 Å². The van der Waals surface area contributed by atoms with Crippen LogP contribution in [-0.2, 0) is 11.3 Å². The van der Waals surface area contributed by atoms with Gasteiger partial charge < -0.3 is 10.2 Å². The second-order valence-corrected chi connectivity index (χ2v) is 6.22. The fourth-order valence-electron chi connectivity index (χ4n) is 2.52. The third-order valence-corrected chi connectivity index (χ3v) is 4.35. The van der Waals surface area contributed by atoms with E-state index in [1.165, 1.54) is 0 Å². The lowest BCUT2D eigenvalue weighted by Gasteiger charge is -2.32. The molecule has 116 valence electrons. The first kappa shape index (κ1) is 16.3. The number of rotatable bonds is 5. The maximum atomic E-state index is 11.7. The molecule has 1 fully saturated rings. The Balaban J connectivity index is 1.72. The van der Waals surface area contributed by atoms with Crippen molar-refractivity contribution in [2.75, 3.05) is 33.7 Å². The van der Waals surface area contributed by atoms with Gasteiger partial charge in [-0.2, -0.15) is 0 Å². The van der Waals surface area contributed by atoms with Crippen molar-refractivity contribution in [3.8, 4) is 0 Å². The summed E-state index contributed by atoms with van der Waals surface area (Å²) in [5.41, 5.74) is 1.14. The Morgan fingerprint density at radius 2 is 2.00 bits per heavy atom. The number of likely N-dealkylation sites (tertiary alicyclic amines) is 1. The maximum absolute atomic E-state index is 11.7.